The van der Waals surface area contributed by atoms with Gasteiger partial charge >= 0.3 is 0 Å². The van der Waals surface area contributed by atoms with Crippen LogP contribution in [0.4, 0.5) is 0 Å². The zero-order chi connectivity index (χ0) is 16.1. The quantitative estimate of drug-likeness (QED) is 0.634. The van der Waals surface area contributed by atoms with E-state index < -0.39 is 0 Å². The van der Waals surface area contributed by atoms with Crippen molar-refractivity contribution in [2.24, 2.45) is 11.1 Å². The Kier molecular flexibility index (Phi) is 5.09. The second-order valence-corrected chi connectivity index (χ2v) is 6.21. The smallest absolute Gasteiger partial charge is 0.0639 e. The molecule has 3 rings (SSSR count). The largest absolute Gasteiger partial charge is 0.411 e. The highest BCUT2D eigenvalue weighted by molar-refractivity contribution is 5.88. The average Bonchev–Trinajstić information content (AvgIpc) is 2.63. The highest BCUT2D eigenvalue weighted by Gasteiger charge is 2.35. The summed E-state index contributed by atoms with van der Waals surface area (Å²) in [6, 6.07) is 21.3. The number of rotatable bonds is 4. The molecule has 0 radical (unpaired) electrons. The molecule has 0 spiro atoms. The maximum atomic E-state index is 9.58. The van der Waals surface area contributed by atoms with Gasteiger partial charge in [-0.3, -0.25) is 0 Å². The Bertz CT molecular complexity index is 639. The van der Waals surface area contributed by atoms with Gasteiger partial charge in [0.1, 0.15) is 0 Å². The van der Waals surface area contributed by atoms with Gasteiger partial charge in [-0.25, -0.2) is 0 Å². The molecule has 2 N–H and O–H groups in total. The minimum atomic E-state index is 0.181. The molecule has 0 aromatic heterocycles. The topological polar surface area (TPSA) is 44.6 Å². The highest BCUT2D eigenvalue weighted by atomic mass is 16.4. The average molecular weight is 308 g/mol. The fourth-order valence-corrected chi connectivity index (χ4v) is 3.59. The molecule has 0 saturated carbocycles. The standard InChI is InChI=1S/C20H24N2O/c1-2-9-17-19(22-23)14-18(15-10-5-3-6-11-15)21-20(17)16-12-7-4-8-13-16/h3-8,10-13,17-18,20-21,23H,2,9,14H2,1H3/b22-19+/t17-,18-,20+/m0/s1. The normalized spacial score (nSPS) is 26.3. The Morgan fingerprint density at radius 1 is 1.00 bits per heavy atom. The molecule has 0 amide bonds. The lowest BCUT2D eigenvalue weighted by Gasteiger charge is -2.38. The molecule has 0 bridgehead atoms. The first-order valence-electron chi connectivity index (χ1n) is 8.40. The van der Waals surface area contributed by atoms with Crippen LogP contribution in [0.25, 0.3) is 0 Å². The Hall–Kier alpha value is -2.13. The zero-order valence-corrected chi connectivity index (χ0v) is 13.5. The van der Waals surface area contributed by atoms with E-state index in [1.54, 1.807) is 0 Å². The summed E-state index contributed by atoms with van der Waals surface area (Å²) >= 11 is 0. The van der Waals surface area contributed by atoms with Crippen molar-refractivity contribution in [1.82, 2.24) is 5.32 Å². The minimum Gasteiger partial charge on any atom is -0.411 e. The Labute approximate surface area is 138 Å². The van der Waals surface area contributed by atoms with Gasteiger partial charge in [0.15, 0.2) is 0 Å². The fourth-order valence-electron chi connectivity index (χ4n) is 3.59. The molecular weight excluding hydrogens is 284 g/mol. The molecule has 3 atom stereocenters. The van der Waals surface area contributed by atoms with E-state index in [1.165, 1.54) is 11.1 Å². The van der Waals surface area contributed by atoms with Gasteiger partial charge in [-0.15, -0.1) is 0 Å². The van der Waals surface area contributed by atoms with Gasteiger partial charge in [-0.2, -0.15) is 0 Å². The van der Waals surface area contributed by atoms with Gasteiger partial charge in [-0.1, -0.05) is 79.2 Å². The van der Waals surface area contributed by atoms with E-state index in [2.05, 4.69) is 65.9 Å². The van der Waals surface area contributed by atoms with Crippen molar-refractivity contribution in [2.75, 3.05) is 0 Å². The lowest BCUT2D eigenvalue weighted by Crippen LogP contribution is -2.42. The minimum absolute atomic E-state index is 0.181. The van der Waals surface area contributed by atoms with Gasteiger partial charge in [0.05, 0.1) is 5.71 Å². The second kappa shape index (κ2) is 7.42. The lowest BCUT2D eigenvalue weighted by molar-refractivity contribution is 0.284. The number of nitrogens with zero attached hydrogens (tertiary/aromatic N) is 1. The summed E-state index contributed by atoms with van der Waals surface area (Å²) in [7, 11) is 0. The van der Waals surface area contributed by atoms with Crippen molar-refractivity contribution >= 4 is 5.71 Å². The van der Waals surface area contributed by atoms with E-state index in [-0.39, 0.29) is 18.0 Å². The SMILES string of the molecule is CCC[C@H]1/C(=N/O)C[C@@H](c2ccccc2)N[C@@H]1c1ccccc1. The zero-order valence-electron chi connectivity index (χ0n) is 13.5. The third-order valence-electron chi connectivity index (χ3n) is 4.71. The van der Waals surface area contributed by atoms with Crippen LogP contribution < -0.4 is 5.32 Å². The highest BCUT2D eigenvalue weighted by Crippen LogP contribution is 2.37. The molecule has 2 aromatic carbocycles. The Morgan fingerprint density at radius 2 is 1.61 bits per heavy atom. The van der Waals surface area contributed by atoms with Crippen molar-refractivity contribution in [1.29, 1.82) is 0 Å². The molecule has 3 heteroatoms. The molecule has 3 nitrogen and oxygen atoms in total. The predicted molar refractivity (Wildman–Crippen MR) is 93.7 cm³/mol. The third-order valence-corrected chi connectivity index (χ3v) is 4.71. The van der Waals surface area contributed by atoms with E-state index >= 15 is 0 Å². The summed E-state index contributed by atoms with van der Waals surface area (Å²) in [5.41, 5.74) is 3.41. The van der Waals surface area contributed by atoms with Crippen LogP contribution in [0, 0.1) is 5.92 Å². The van der Waals surface area contributed by atoms with E-state index in [0.717, 1.165) is 25.0 Å². The van der Waals surface area contributed by atoms with Gasteiger partial charge < -0.3 is 10.5 Å². The molecule has 1 aliphatic heterocycles. The molecule has 23 heavy (non-hydrogen) atoms. The second-order valence-electron chi connectivity index (χ2n) is 6.21. The van der Waals surface area contributed by atoms with Gasteiger partial charge in [0, 0.05) is 24.4 Å². The van der Waals surface area contributed by atoms with Crippen molar-refractivity contribution < 1.29 is 5.21 Å². The van der Waals surface area contributed by atoms with E-state index in [0.29, 0.717) is 0 Å². The first kappa shape index (κ1) is 15.8. The summed E-state index contributed by atoms with van der Waals surface area (Å²) in [4.78, 5) is 0. The maximum Gasteiger partial charge on any atom is 0.0639 e. The van der Waals surface area contributed by atoms with Crippen LogP contribution >= 0.6 is 0 Å². The van der Waals surface area contributed by atoms with E-state index in [9.17, 15) is 5.21 Å². The van der Waals surface area contributed by atoms with Crippen LogP contribution in [0.2, 0.25) is 0 Å². The third kappa shape index (κ3) is 3.45. The van der Waals surface area contributed by atoms with E-state index in [4.69, 9.17) is 0 Å². The number of benzene rings is 2. The fraction of sp³-hybridized carbons (Fsp3) is 0.350. The number of oxime groups is 1. The lowest BCUT2D eigenvalue weighted by atomic mass is 9.78. The van der Waals surface area contributed by atoms with Gasteiger partial charge in [-0.05, 0) is 17.5 Å². The summed E-state index contributed by atoms with van der Waals surface area (Å²) in [6.45, 7) is 2.18. The monoisotopic (exact) mass is 308 g/mol. The molecule has 1 saturated heterocycles. The Balaban J connectivity index is 1.95. The molecule has 1 heterocycles. The summed E-state index contributed by atoms with van der Waals surface area (Å²) < 4.78 is 0. The van der Waals surface area contributed by atoms with Crippen molar-refractivity contribution in [3.63, 3.8) is 0 Å². The molecular formula is C20H24N2O. The number of nitrogens with one attached hydrogen (secondary N) is 1. The number of piperidine rings is 1. The first-order chi connectivity index (χ1) is 11.3. The van der Waals surface area contributed by atoms with Gasteiger partial charge in [0.25, 0.3) is 0 Å². The molecule has 0 aliphatic carbocycles. The molecule has 0 unspecified atom stereocenters. The first-order valence-corrected chi connectivity index (χ1v) is 8.40. The predicted octanol–water partition coefficient (Wildman–Crippen LogP) is 4.71. The van der Waals surface area contributed by atoms with Crippen LogP contribution in [0.5, 0.6) is 0 Å². The molecule has 120 valence electrons. The molecule has 2 aromatic rings. The number of hydrogen-bond acceptors (Lipinski definition) is 3. The maximum absolute atomic E-state index is 9.58. The van der Waals surface area contributed by atoms with Crippen LogP contribution in [-0.2, 0) is 0 Å². The summed E-state index contributed by atoms with van der Waals surface area (Å²) in [5, 5.41) is 17.0. The summed E-state index contributed by atoms with van der Waals surface area (Å²) in [6.07, 6.45) is 2.85. The molecule has 1 aliphatic rings. The van der Waals surface area contributed by atoms with Crippen LogP contribution in [0.15, 0.2) is 65.8 Å². The van der Waals surface area contributed by atoms with Crippen molar-refractivity contribution in [3.05, 3.63) is 71.8 Å². The van der Waals surface area contributed by atoms with Crippen LogP contribution in [0.3, 0.4) is 0 Å². The van der Waals surface area contributed by atoms with Crippen LogP contribution in [-0.4, -0.2) is 10.9 Å². The summed E-state index contributed by atoms with van der Waals surface area (Å²) in [5.74, 6) is 0.243. The Morgan fingerprint density at radius 3 is 2.17 bits per heavy atom. The van der Waals surface area contributed by atoms with Crippen molar-refractivity contribution in [2.45, 2.75) is 38.3 Å². The van der Waals surface area contributed by atoms with E-state index in [1.807, 2.05) is 12.1 Å². The number of hydrogen-bond donors (Lipinski definition) is 2. The molecule has 1 fully saturated rings. The van der Waals surface area contributed by atoms with Crippen LogP contribution in [0.1, 0.15) is 49.4 Å². The van der Waals surface area contributed by atoms with Crippen molar-refractivity contribution in [3.8, 4) is 0 Å². The van der Waals surface area contributed by atoms with Gasteiger partial charge in [0.2, 0.25) is 0 Å².